The Morgan fingerprint density at radius 2 is 2.05 bits per heavy atom. The fraction of sp³-hybridized carbons (Fsp3) is 0.833. The zero-order valence-corrected chi connectivity index (χ0v) is 11.4. The third kappa shape index (κ3) is 3.65. The van der Waals surface area contributed by atoms with Crippen molar-refractivity contribution in [2.45, 2.75) is 6.04 Å². The second-order valence-electron chi connectivity index (χ2n) is 4.80. The molecule has 2 N–H and O–H groups in total. The quantitative estimate of drug-likeness (QED) is 0.612. The molecule has 0 aromatic heterocycles. The summed E-state index contributed by atoms with van der Waals surface area (Å²) in [6, 6.07) is -0.260. The van der Waals surface area contributed by atoms with Gasteiger partial charge in [0.05, 0.1) is 19.8 Å². The van der Waals surface area contributed by atoms with Crippen LogP contribution in [0.3, 0.4) is 0 Å². The van der Waals surface area contributed by atoms with Crippen molar-refractivity contribution in [3.05, 3.63) is 0 Å². The number of morpholine rings is 1. The van der Waals surface area contributed by atoms with Crippen LogP contribution in [0, 0.1) is 0 Å². The van der Waals surface area contributed by atoms with Gasteiger partial charge in [-0.15, -0.1) is 0 Å². The molecule has 0 radical (unpaired) electrons. The van der Waals surface area contributed by atoms with Crippen LogP contribution >= 0.6 is 0 Å². The molecule has 0 bridgehead atoms. The van der Waals surface area contributed by atoms with Crippen molar-refractivity contribution in [1.82, 2.24) is 20.4 Å². The summed E-state index contributed by atoms with van der Waals surface area (Å²) in [6.45, 7) is 4.93. The lowest BCUT2D eigenvalue weighted by molar-refractivity contribution is -0.138. The van der Waals surface area contributed by atoms with Crippen molar-refractivity contribution < 1.29 is 14.3 Å². The van der Waals surface area contributed by atoms with E-state index in [-0.39, 0.29) is 17.9 Å². The van der Waals surface area contributed by atoms with E-state index in [1.54, 1.807) is 7.05 Å². The van der Waals surface area contributed by atoms with Crippen LogP contribution in [0.25, 0.3) is 0 Å². The molecule has 19 heavy (non-hydrogen) atoms. The van der Waals surface area contributed by atoms with Crippen LogP contribution in [0.2, 0.25) is 0 Å². The Morgan fingerprint density at radius 3 is 2.74 bits per heavy atom. The number of ether oxygens (including phenoxy) is 1. The van der Waals surface area contributed by atoms with E-state index in [0.29, 0.717) is 45.9 Å². The maximum absolute atomic E-state index is 12.2. The summed E-state index contributed by atoms with van der Waals surface area (Å²) in [6.07, 6.45) is 0. The van der Waals surface area contributed by atoms with Gasteiger partial charge in [-0.2, -0.15) is 0 Å². The van der Waals surface area contributed by atoms with Crippen LogP contribution in [0.15, 0.2) is 0 Å². The predicted octanol–water partition coefficient (Wildman–Crippen LogP) is -2.13. The molecule has 108 valence electrons. The van der Waals surface area contributed by atoms with Crippen LogP contribution in [0.4, 0.5) is 0 Å². The highest BCUT2D eigenvalue weighted by Crippen LogP contribution is 2.06. The van der Waals surface area contributed by atoms with Crippen molar-refractivity contribution >= 4 is 11.8 Å². The van der Waals surface area contributed by atoms with Crippen LogP contribution < -0.4 is 10.6 Å². The summed E-state index contributed by atoms with van der Waals surface area (Å²) >= 11 is 0. The normalized spacial score (nSPS) is 25.1. The minimum absolute atomic E-state index is 0.0398. The summed E-state index contributed by atoms with van der Waals surface area (Å²) in [4.78, 5) is 27.8. The summed E-state index contributed by atoms with van der Waals surface area (Å²) in [7, 11) is 1.62. The molecule has 2 fully saturated rings. The van der Waals surface area contributed by atoms with E-state index < -0.39 is 0 Å². The largest absolute Gasteiger partial charge is 0.378 e. The lowest BCUT2D eigenvalue weighted by atomic mass is 10.1. The van der Waals surface area contributed by atoms with Crippen molar-refractivity contribution in [1.29, 1.82) is 0 Å². The smallest absolute Gasteiger partial charge is 0.238 e. The molecule has 0 aromatic carbocycles. The highest BCUT2D eigenvalue weighted by molar-refractivity contribution is 5.84. The average molecular weight is 270 g/mol. The summed E-state index contributed by atoms with van der Waals surface area (Å²) in [5.74, 6) is 0.0427. The van der Waals surface area contributed by atoms with Gasteiger partial charge in [-0.05, 0) is 0 Å². The van der Waals surface area contributed by atoms with Crippen molar-refractivity contribution in [3.8, 4) is 0 Å². The molecule has 2 aliphatic heterocycles. The van der Waals surface area contributed by atoms with Crippen LogP contribution in [-0.4, -0.2) is 87.2 Å². The van der Waals surface area contributed by atoms with Crippen LogP contribution in [0.1, 0.15) is 0 Å². The molecule has 2 heterocycles. The van der Waals surface area contributed by atoms with Gasteiger partial charge in [-0.1, -0.05) is 0 Å². The summed E-state index contributed by atoms with van der Waals surface area (Å²) < 4.78 is 5.23. The van der Waals surface area contributed by atoms with Gasteiger partial charge in [0.25, 0.3) is 0 Å². The fourth-order valence-electron chi connectivity index (χ4n) is 2.45. The van der Waals surface area contributed by atoms with Crippen LogP contribution in [-0.2, 0) is 14.3 Å². The number of hydrogen-bond acceptors (Lipinski definition) is 5. The number of nitrogens with one attached hydrogen (secondary N) is 2. The highest BCUT2D eigenvalue weighted by Gasteiger charge is 2.30. The number of carbonyl (C=O) groups excluding carboxylic acids is 2. The van der Waals surface area contributed by atoms with Gasteiger partial charge in [0.1, 0.15) is 6.04 Å². The first-order valence-corrected chi connectivity index (χ1v) is 6.74. The second kappa shape index (κ2) is 6.83. The first-order chi connectivity index (χ1) is 9.22. The third-order valence-corrected chi connectivity index (χ3v) is 3.61. The minimum Gasteiger partial charge on any atom is -0.378 e. The Hall–Kier alpha value is -1.18. The van der Waals surface area contributed by atoms with Crippen molar-refractivity contribution in [2.75, 3.05) is 59.5 Å². The monoisotopic (exact) mass is 270 g/mol. The van der Waals surface area contributed by atoms with E-state index in [9.17, 15) is 9.59 Å². The maximum Gasteiger partial charge on any atom is 0.238 e. The molecule has 2 aliphatic rings. The second-order valence-corrected chi connectivity index (χ2v) is 4.80. The SMILES string of the molecule is CNC(=O)C1CNCCN1CC(=O)N1CCOCC1. The first kappa shape index (κ1) is 14.2. The molecule has 0 aromatic rings. The topological polar surface area (TPSA) is 73.9 Å². The summed E-state index contributed by atoms with van der Waals surface area (Å²) in [5.41, 5.74) is 0. The number of likely N-dealkylation sites (N-methyl/N-ethyl adjacent to an activating group) is 1. The molecule has 0 saturated carbocycles. The molecule has 0 spiro atoms. The Bertz CT molecular complexity index is 331. The molecular weight excluding hydrogens is 248 g/mol. The maximum atomic E-state index is 12.2. The minimum atomic E-state index is -0.260. The molecule has 1 unspecified atom stereocenters. The standard InChI is InChI=1S/C12H22N4O3/c1-13-12(18)10-8-14-2-3-16(10)9-11(17)15-4-6-19-7-5-15/h10,14H,2-9H2,1H3,(H,13,18). The molecule has 2 amide bonds. The van der Waals surface area contributed by atoms with E-state index >= 15 is 0 Å². The van der Waals surface area contributed by atoms with Gasteiger partial charge in [0, 0.05) is 39.8 Å². The summed E-state index contributed by atoms with van der Waals surface area (Å²) in [5, 5.41) is 5.84. The lowest BCUT2D eigenvalue weighted by Crippen LogP contribution is -2.59. The van der Waals surface area contributed by atoms with Gasteiger partial charge < -0.3 is 20.3 Å². The van der Waals surface area contributed by atoms with Gasteiger partial charge in [-0.3, -0.25) is 14.5 Å². The fourth-order valence-corrected chi connectivity index (χ4v) is 2.45. The number of nitrogens with zero attached hydrogens (tertiary/aromatic N) is 2. The Morgan fingerprint density at radius 1 is 1.32 bits per heavy atom. The number of rotatable bonds is 3. The van der Waals surface area contributed by atoms with Crippen LogP contribution in [0.5, 0.6) is 0 Å². The van der Waals surface area contributed by atoms with Gasteiger partial charge in [0.2, 0.25) is 11.8 Å². The van der Waals surface area contributed by atoms with E-state index in [2.05, 4.69) is 10.6 Å². The first-order valence-electron chi connectivity index (χ1n) is 6.74. The molecule has 7 nitrogen and oxygen atoms in total. The predicted molar refractivity (Wildman–Crippen MR) is 69.7 cm³/mol. The molecule has 2 rings (SSSR count). The van der Waals surface area contributed by atoms with Crippen molar-refractivity contribution in [3.63, 3.8) is 0 Å². The molecule has 2 saturated heterocycles. The van der Waals surface area contributed by atoms with Crippen molar-refractivity contribution in [2.24, 2.45) is 0 Å². The Kier molecular flexibility index (Phi) is 5.12. The number of hydrogen-bond donors (Lipinski definition) is 2. The number of carbonyl (C=O) groups is 2. The Balaban J connectivity index is 1.91. The average Bonchev–Trinajstić information content (AvgIpc) is 2.48. The van der Waals surface area contributed by atoms with E-state index in [1.807, 2.05) is 9.80 Å². The zero-order valence-electron chi connectivity index (χ0n) is 11.4. The van der Waals surface area contributed by atoms with Gasteiger partial charge in [-0.25, -0.2) is 0 Å². The number of piperazine rings is 1. The zero-order chi connectivity index (χ0) is 13.7. The molecule has 0 aliphatic carbocycles. The van der Waals surface area contributed by atoms with E-state index in [4.69, 9.17) is 4.74 Å². The van der Waals surface area contributed by atoms with E-state index in [1.165, 1.54) is 0 Å². The molecule has 7 heteroatoms. The molecular formula is C12H22N4O3. The van der Waals surface area contributed by atoms with Gasteiger partial charge in [0.15, 0.2) is 0 Å². The lowest BCUT2D eigenvalue weighted by Gasteiger charge is -2.36. The van der Waals surface area contributed by atoms with Gasteiger partial charge >= 0.3 is 0 Å². The third-order valence-electron chi connectivity index (χ3n) is 3.61. The Labute approximate surface area is 113 Å². The molecule has 1 atom stereocenters. The number of amides is 2. The van der Waals surface area contributed by atoms with E-state index in [0.717, 1.165) is 6.54 Å². The highest BCUT2D eigenvalue weighted by atomic mass is 16.5.